The zero-order valence-corrected chi connectivity index (χ0v) is 15.0. The number of rotatable bonds is 5. The molecule has 5 nitrogen and oxygen atoms in total. The average molecular weight is 321 g/mol. The molecule has 128 valence electrons. The van der Waals surface area contributed by atoms with Crippen molar-refractivity contribution in [2.75, 3.05) is 6.61 Å². The summed E-state index contributed by atoms with van der Waals surface area (Å²) in [6.45, 7) is 13.0. The van der Waals surface area contributed by atoms with Crippen LogP contribution < -0.4 is 5.46 Å². The van der Waals surface area contributed by atoms with E-state index in [0.29, 0.717) is 24.4 Å². The highest BCUT2D eigenvalue weighted by Gasteiger charge is 2.43. The van der Waals surface area contributed by atoms with Gasteiger partial charge in [0.05, 0.1) is 18.8 Å². The van der Waals surface area contributed by atoms with E-state index in [1.165, 1.54) is 4.57 Å². The first kappa shape index (κ1) is 18.1. The molecule has 0 bridgehead atoms. The van der Waals surface area contributed by atoms with Crippen LogP contribution in [-0.2, 0) is 14.0 Å². The summed E-state index contributed by atoms with van der Waals surface area (Å²) in [5, 5.41) is 0. The lowest BCUT2D eigenvalue weighted by atomic mass is 9.81. The van der Waals surface area contributed by atoms with Crippen molar-refractivity contribution in [1.29, 1.82) is 0 Å². The number of nitrogens with zero attached hydrogens (tertiary/aromatic N) is 1. The SMILES string of the molecule is CC(C)COC(=O)n1ccc(B2OC(C(C)C)C(C(C)C)O2)c1. The van der Waals surface area contributed by atoms with Crippen LogP contribution in [0.4, 0.5) is 4.79 Å². The predicted molar refractivity (Wildman–Crippen MR) is 90.8 cm³/mol. The minimum Gasteiger partial charge on any atom is -0.449 e. The zero-order valence-electron chi connectivity index (χ0n) is 15.0. The maximum Gasteiger partial charge on any atom is 0.496 e. The summed E-state index contributed by atoms with van der Waals surface area (Å²) >= 11 is 0. The Bertz CT molecular complexity index is 510. The molecule has 0 N–H and O–H groups in total. The quantitative estimate of drug-likeness (QED) is 0.783. The smallest absolute Gasteiger partial charge is 0.449 e. The van der Waals surface area contributed by atoms with Gasteiger partial charge in [-0.3, -0.25) is 4.57 Å². The van der Waals surface area contributed by atoms with Gasteiger partial charge in [-0.25, -0.2) is 4.79 Å². The van der Waals surface area contributed by atoms with Crippen LogP contribution in [0.15, 0.2) is 18.5 Å². The van der Waals surface area contributed by atoms with Crippen molar-refractivity contribution in [1.82, 2.24) is 4.57 Å². The number of carbonyl (C=O) groups is 1. The molecule has 1 fully saturated rings. The molecule has 0 aliphatic carbocycles. The number of hydrogen-bond donors (Lipinski definition) is 0. The van der Waals surface area contributed by atoms with Crippen LogP contribution in [0.25, 0.3) is 0 Å². The third kappa shape index (κ3) is 4.39. The molecule has 0 aromatic carbocycles. The summed E-state index contributed by atoms with van der Waals surface area (Å²) in [7, 11) is -0.422. The monoisotopic (exact) mass is 321 g/mol. The molecular weight excluding hydrogens is 293 g/mol. The van der Waals surface area contributed by atoms with Crippen molar-refractivity contribution in [2.24, 2.45) is 17.8 Å². The fraction of sp³-hybridized carbons (Fsp3) is 0.706. The molecular formula is C17H28BNO4. The zero-order chi connectivity index (χ0) is 17.1. The maximum atomic E-state index is 12.0. The van der Waals surface area contributed by atoms with Crippen molar-refractivity contribution >= 4 is 18.7 Å². The van der Waals surface area contributed by atoms with Crippen LogP contribution in [0, 0.1) is 17.8 Å². The van der Waals surface area contributed by atoms with E-state index < -0.39 is 7.12 Å². The molecule has 0 spiro atoms. The van der Waals surface area contributed by atoms with Crippen molar-refractivity contribution in [3.8, 4) is 0 Å². The third-order valence-corrected chi connectivity index (χ3v) is 3.94. The second-order valence-corrected chi connectivity index (χ2v) is 7.34. The topological polar surface area (TPSA) is 49.7 Å². The molecule has 0 saturated carbocycles. The van der Waals surface area contributed by atoms with Gasteiger partial charge in [0.2, 0.25) is 0 Å². The van der Waals surface area contributed by atoms with E-state index in [2.05, 4.69) is 27.7 Å². The lowest BCUT2D eigenvalue weighted by Gasteiger charge is -2.24. The molecule has 0 amide bonds. The molecule has 0 radical (unpaired) electrons. The van der Waals surface area contributed by atoms with E-state index in [9.17, 15) is 4.79 Å². The number of carbonyl (C=O) groups excluding carboxylic acids is 1. The minimum absolute atomic E-state index is 0.0660. The molecule has 2 heterocycles. The Labute approximate surface area is 139 Å². The van der Waals surface area contributed by atoms with Gasteiger partial charge in [0, 0.05) is 17.9 Å². The first-order valence-electron chi connectivity index (χ1n) is 8.45. The Kier molecular flexibility index (Phi) is 5.92. The van der Waals surface area contributed by atoms with Gasteiger partial charge in [-0.05, 0) is 23.8 Å². The Morgan fingerprint density at radius 2 is 1.74 bits per heavy atom. The van der Waals surface area contributed by atoms with Crippen molar-refractivity contribution in [3.63, 3.8) is 0 Å². The maximum absolute atomic E-state index is 12.0. The summed E-state index contributed by atoms with van der Waals surface area (Å²) in [5.74, 6) is 1.07. The van der Waals surface area contributed by atoms with Gasteiger partial charge in [0.1, 0.15) is 0 Å². The van der Waals surface area contributed by atoms with Crippen LogP contribution in [0.1, 0.15) is 41.5 Å². The second-order valence-electron chi connectivity index (χ2n) is 7.34. The highest BCUT2D eigenvalue weighted by molar-refractivity contribution is 6.61. The van der Waals surface area contributed by atoms with Gasteiger partial charge in [-0.2, -0.15) is 0 Å². The Morgan fingerprint density at radius 1 is 1.17 bits per heavy atom. The van der Waals surface area contributed by atoms with Crippen LogP contribution in [-0.4, -0.2) is 36.6 Å². The first-order chi connectivity index (χ1) is 10.8. The van der Waals surface area contributed by atoms with E-state index in [1.807, 2.05) is 19.9 Å². The summed E-state index contributed by atoms with van der Waals surface area (Å²) in [6.07, 6.45) is 3.18. The Balaban J connectivity index is 2.04. The predicted octanol–water partition coefficient (Wildman–Crippen LogP) is 2.92. The highest BCUT2D eigenvalue weighted by Crippen LogP contribution is 2.28. The van der Waals surface area contributed by atoms with E-state index in [-0.39, 0.29) is 18.3 Å². The Morgan fingerprint density at radius 3 is 2.22 bits per heavy atom. The molecule has 2 atom stereocenters. The summed E-state index contributed by atoms with van der Waals surface area (Å²) < 4.78 is 18.8. The van der Waals surface area contributed by atoms with Gasteiger partial charge in [-0.1, -0.05) is 41.5 Å². The largest absolute Gasteiger partial charge is 0.496 e. The van der Waals surface area contributed by atoms with Gasteiger partial charge < -0.3 is 14.0 Å². The van der Waals surface area contributed by atoms with Gasteiger partial charge in [0.15, 0.2) is 0 Å². The van der Waals surface area contributed by atoms with E-state index in [1.54, 1.807) is 12.4 Å². The fourth-order valence-electron chi connectivity index (χ4n) is 2.68. The normalized spacial score (nSPS) is 21.7. The molecule has 1 aromatic rings. The third-order valence-electron chi connectivity index (χ3n) is 3.94. The Hall–Kier alpha value is -1.27. The molecule has 6 heteroatoms. The summed E-state index contributed by atoms with van der Waals surface area (Å²) in [4.78, 5) is 12.0. The fourth-order valence-corrected chi connectivity index (χ4v) is 2.68. The van der Waals surface area contributed by atoms with Crippen molar-refractivity contribution in [3.05, 3.63) is 18.5 Å². The van der Waals surface area contributed by atoms with E-state index in [0.717, 1.165) is 5.46 Å². The molecule has 23 heavy (non-hydrogen) atoms. The molecule has 1 aliphatic heterocycles. The number of aromatic nitrogens is 1. The van der Waals surface area contributed by atoms with Crippen LogP contribution in [0.3, 0.4) is 0 Å². The number of ether oxygens (including phenoxy) is 1. The molecule has 2 rings (SSSR count). The molecule has 1 aromatic heterocycles. The van der Waals surface area contributed by atoms with Gasteiger partial charge >= 0.3 is 13.2 Å². The summed E-state index contributed by atoms with van der Waals surface area (Å²) in [6, 6.07) is 1.85. The van der Waals surface area contributed by atoms with E-state index in [4.69, 9.17) is 14.0 Å². The standard InChI is InChI=1S/C17H28BNO4/c1-11(2)10-21-17(20)19-8-7-14(9-19)18-22-15(12(3)4)16(23-18)13(5)6/h7-9,11-13,15-16H,10H2,1-6H3. The van der Waals surface area contributed by atoms with E-state index >= 15 is 0 Å². The lowest BCUT2D eigenvalue weighted by molar-refractivity contribution is 0.0815. The highest BCUT2D eigenvalue weighted by atomic mass is 16.7. The van der Waals surface area contributed by atoms with Crippen molar-refractivity contribution < 1.29 is 18.8 Å². The summed E-state index contributed by atoms with van der Waals surface area (Å²) in [5.41, 5.74) is 0.847. The van der Waals surface area contributed by atoms with Crippen molar-refractivity contribution in [2.45, 2.75) is 53.8 Å². The molecule has 1 saturated heterocycles. The van der Waals surface area contributed by atoms with Gasteiger partial charge in [0.25, 0.3) is 0 Å². The number of hydrogen-bond acceptors (Lipinski definition) is 4. The first-order valence-corrected chi connectivity index (χ1v) is 8.45. The van der Waals surface area contributed by atoms with Crippen LogP contribution in [0.5, 0.6) is 0 Å². The lowest BCUT2D eigenvalue weighted by Crippen LogP contribution is -2.32. The minimum atomic E-state index is -0.422. The second kappa shape index (κ2) is 7.54. The van der Waals surface area contributed by atoms with Crippen LogP contribution in [0.2, 0.25) is 0 Å². The molecule has 1 aliphatic rings. The molecule has 2 unspecified atom stereocenters. The van der Waals surface area contributed by atoms with Crippen LogP contribution >= 0.6 is 0 Å². The van der Waals surface area contributed by atoms with Gasteiger partial charge in [-0.15, -0.1) is 0 Å². The average Bonchev–Trinajstić information content (AvgIpc) is 3.10.